The number of hydrogen-bond acceptors (Lipinski definition) is 10. The van der Waals surface area contributed by atoms with Crippen LogP contribution in [-0.2, 0) is 23.7 Å². The number of carbonyl (C=O) groups is 1. The summed E-state index contributed by atoms with van der Waals surface area (Å²) in [5, 5.41) is 33.7. The third-order valence-corrected chi connectivity index (χ3v) is 7.55. The molecule has 236 valence electrons. The molecule has 2 fully saturated rings. The zero-order chi connectivity index (χ0) is 30.9. The summed E-state index contributed by atoms with van der Waals surface area (Å²) in [5.74, 6) is -2.96. The largest absolute Gasteiger partial charge is 0.504 e. The Morgan fingerprint density at radius 2 is 1.74 bits per heavy atom. The first-order valence-corrected chi connectivity index (χ1v) is 15.2. The fourth-order valence-corrected chi connectivity index (χ4v) is 5.38. The average molecular weight is 600 g/mol. The Balaban J connectivity index is 1.28. The number of aliphatic hydroxyl groups is 1. The number of esters is 1. The van der Waals surface area contributed by atoms with E-state index in [-0.39, 0.29) is 31.1 Å². The number of benzene rings is 2. The quantitative estimate of drug-likeness (QED) is 0.0649. The summed E-state index contributed by atoms with van der Waals surface area (Å²) in [7, 11) is 0. The van der Waals surface area contributed by atoms with Crippen LogP contribution >= 0.6 is 0 Å². The average Bonchev–Trinajstić information content (AvgIpc) is 3.27. The molecule has 1 heterocycles. The lowest BCUT2D eigenvalue weighted by Gasteiger charge is -2.40. The van der Waals surface area contributed by atoms with Crippen molar-refractivity contribution in [2.24, 2.45) is 0 Å². The minimum atomic E-state index is -1.63. The molecule has 10 heteroatoms. The molecule has 43 heavy (non-hydrogen) atoms. The molecule has 0 aromatic heterocycles. The van der Waals surface area contributed by atoms with E-state index in [0.29, 0.717) is 12.2 Å². The van der Waals surface area contributed by atoms with Crippen molar-refractivity contribution in [3.8, 4) is 17.2 Å². The van der Waals surface area contributed by atoms with Gasteiger partial charge in [-0.1, -0.05) is 45.1 Å². The predicted molar refractivity (Wildman–Crippen MR) is 162 cm³/mol. The van der Waals surface area contributed by atoms with Gasteiger partial charge in [-0.25, -0.2) is 4.79 Å². The van der Waals surface area contributed by atoms with Gasteiger partial charge in [0.15, 0.2) is 23.1 Å². The Morgan fingerprint density at radius 1 is 1.00 bits per heavy atom. The van der Waals surface area contributed by atoms with Crippen molar-refractivity contribution in [3.63, 3.8) is 0 Å². The van der Waals surface area contributed by atoms with E-state index < -0.39 is 35.9 Å². The number of carbonyl (C=O) groups excluding carboxylic acids is 1. The molecule has 10 nitrogen and oxygen atoms in total. The zero-order valence-corrected chi connectivity index (χ0v) is 25.3. The van der Waals surface area contributed by atoms with Crippen LogP contribution in [0.1, 0.15) is 77.7 Å². The lowest BCUT2D eigenvalue weighted by molar-refractivity contribution is -0.255. The van der Waals surface area contributed by atoms with Crippen LogP contribution in [0.25, 0.3) is 6.08 Å². The molecule has 2 aromatic carbocycles. The molecule has 0 amide bonds. The predicted octanol–water partition coefficient (Wildman–Crippen LogP) is 5.85. The monoisotopic (exact) mass is 599 g/mol. The maximum Gasteiger partial charge on any atom is 0.331 e. The van der Waals surface area contributed by atoms with Crippen molar-refractivity contribution in [3.05, 3.63) is 54.1 Å². The van der Waals surface area contributed by atoms with Crippen LogP contribution in [0.4, 0.5) is 5.69 Å². The Labute approximate surface area is 253 Å². The van der Waals surface area contributed by atoms with Gasteiger partial charge in [0.1, 0.15) is 24.7 Å². The van der Waals surface area contributed by atoms with Gasteiger partial charge < -0.3 is 44.3 Å². The van der Waals surface area contributed by atoms with Gasteiger partial charge in [-0.2, -0.15) is 0 Å². The van der Waals surface area contributed by atoms with Crippen molar-refractivity contribution in [1.29, 1.82) is 0 Å². The fourth-order valence-electron chi connectivity index (χ4n) is 5.38. The van der Waals surface area contributed by atoms with Crippen molar-refractivity contribution in [2.45, 2.75) is 102 Å². The maximum atomic E-state index is 12.7. The molecule has 0 bridgehead atoms. The fraction of sp³-hybridized carbons (Fsp3) is 0.545. The number of phenols is 2. The van der Waals surface area contributed by atoms with Gasteiger partial charge >= 0.3 is 5.97 Å². The summed E-state index contributed by atoms with van der Waals surface area (Å²) in [4.78, 5) is 12.7. The zero-order valence-electron chi connectivity index (χ0n) is 25.3. The van der Waals surface area contributed by atoms with Gasteiger partial charge in [0.2, 0.25) is 0 Å². The Morgan fingerprint density at radius 3 is 2.49 bits per heavy atom. The van der Waals surface area contributed by atoms with Crippen LogP contribution in [0.15, 0.2) is 48.5 Å². The molecule has 1 aliphatic heterocycles. The second kappa shape index (κ2) is 14.9. The molecule has 4 N–H and O–H groups in total. The number of hydrogen-bond donors (Lipinski definition) is 4. The number of nitrogens with one attached hydrogen (secondary N) is 1. The van der Waals surface area contributed by atoms with Gasteiger partial charge in [-0.05, 0) is 68.3 Å². The van der Waals surface area contributed by atoms with E-state index in [0.717, 1.165) is 17.9 Å². The van der Waals surface area contributed by atoms with Crippen molar-refractivity contribution >= 4 is 17.7 Å². The summed E-state index contributed by atoms with van der Waals surface area (Å²) in [5.41, 5.74) is 1.30. The smallest absolute Gasteiger partial charge is 0.331 e. The van der Waals surface area contributed by atoms with E-state index in [4.69, 9.17) is 23.7 Å². The number of fused-ring (bicyclic) bond motifs is 1. The number of rotatable bonds is 15. The van der Waals surface area contributed by atoms with E-state index >= 15 is 0 Å². The van der Waals surface area contributed by atoms with E-state index in [9.17, 15) is 20.1 Å². The molecule has 0 radical (unpaired) electrons. The summed E-state index contributed by atoms with van der Waals surface area (Å²) < 4.78 is 29.4. The number of unbranched alkanes of at least 4 members (excludes halogenated alkanes) is 5. The SMILES string of the molecule is CCCCCCCCOc1ccc(NCOC2(O)CC(OC(=O)/C=C/c3ccc(O)c(O)c3)C3OC(C)(C)OC3C2)cc1. The van der Waals surface area contributed by atoms with Gasteiger partial charge in [0.25, 0.3) is 0 Å². The molecule has 1 saturated carbocycles. The third kappa shape index (κ3) is 9.86. The topological polar surface area (TPSA) is 136 Å². The number of phenolic OH excluding ortho intramolecular Hbond substituents is 2. The second-order valence-corrected chi connectivity index (χ2v) is 11.7. The molecule has 2 aliphatic rings. The lowest BCUT2D eigenvalue weighted by Crippen LogP contribution is -2.54. The number of ether oxygens (including phenoxy) is 5. The van der Waals surface area contributed by atoms with Crippen LogP contribution in [0, 0.1) is 0 Å². The normalized spacial score (nSPS) is 24.5. The highest BCUT2D eigenvalue weighted by atomic mass is 16.8. The van der Waals surface area contributed by atoms with Crippen LogP contribution < -0.4 is 10.1 Å². The highest BCUT2D eigenvalue weighted by Gasteiger charge is 2.55. The molecule has 1 saturated heterocycles. The molecule has 4 atom stereocenters. The number of anilines is 1. The van der Waals surface area contributed by atoms with Gasteiger partial charge in [0.05, 0.1) is 12.7 Å². The van der Waals surface area contributed by atoms with E-state index in [2.05, 4.69) is 12.2 Å². The summed E-state index contributed by atoms with van der Waals surface area (Å²) in [6.07, 6.45) is 8.12. The van der Waals surface area contributed by atoms with E-state index in [1.807, 2.05) is 24.3 Å². The summed E-state index contributed by atoms with van der Waals surface area (Å²) >= 11 is 0. The summed E-state index contributed by atoms with van der Waals surface area (Å²) in [6.45, 7) is 6.46. The molecular weight excluding hydrogens is 554 g/mol. The first-order valence-electron chi connectivity index (χ1n) is 15.2. The number of aromatic hydroxyl groups is 2. The summed E-state index contributed by atoms with van der Waals surface area (Å²) in [6, 6.07) is 11.8. The van der Waals surface area contributed by atoms with Gasteiger partial charge in [0, 0.05) is 24.6 Å². The molecule has 4 unspecified atom stereocenters. The van der Waals surface area contributed by atoms with Gasteiger partial charge in [-0.3, -0.25) is 0 Å². The Kier molecular flexibility index (Phi) is 11.3. The maximum absolute atomic E-state index is 12.7. The molecule has 1 aliphatic carbocycles. The van der Waals surface area contributed by atoms with E-state index in [1.165, 1.54) is 56.4 Å². The minimum absolute atomic E-state index is 0.0138. The van der Waals surface area contributed by atoms with Crippen molar-refractivity contribution in [1.82, 2.24) is 0 Å². The standard InChI is InChI=1S/C33H45NO9/c1-4-5-6-7-8-9-18-39-25-14-12-24(13-15-25)34-22-40-33(38)20-28(31-29(21-33)42-32(2,3)43-31)41-30(37)17-11-23-10-16-26(35)27(36)19-23/h10-17,19,28-29,31,34-36,38H,4-9,18,20-22H2,1-3H3/b17-11+. The highest BCUT2D eigenvalue weighted by Crippen LogP contribution is 2.42. The first kappa shape index (κ1) is 32.6. The van der Waals surface area contributed by atoms with Crippen LogP contribution in [-0.4, -0.2) is 64.5 Å². The Bertz CT molecular complexity index is 1220. The van der Waals surface area contributed by atoms with Crippen molar-refractivity contribution < 1.29 is 43.8 Å². The molecule has 0 spiro atoms. The second-order valence-electron chi connectivity index (χ2n) is 11.7. The third-order valence-electron chi connectivity index (χ3n) is 7.55. The van der Waals surface area contributed by atoms with Gasteiger partial charge in [-0.15, -0.1) is 0 Å². The van der Waals surface area contributed by atoms with Crippen molar-refractivity contribution in [2.75, 3.05) is 18.7 Å². The minimum Gasteiger partial charge on any atom is -0.504 e. The lowest BCUT2D eigenvalue weighted by atomic mass is 9.87. The molecule has 2 aromatic rings. The van der Waals surface area contributed by atoms with Crippen LogP contribution in [0.5, 0.6) is 17.2 Å². The van der Waals surface area contributed by atoms with Crippen LogP contribution in [0.2, 0.25) is 0 Å². The van der Waals surface area contributed by atoms with Crippen LogP contribution in [0.3, 0.4) is 0 Å². The molecular formula is C33H45NO9. The first-order chi connectivity index (χ1) is 20.6. The van der Waals surface area contributed by atoms with E-state index in [1.54, 1.807) is 19.9 Å². The Hall–Kier alpha value is -3.31. The highest BCUT2D eigenvalue weighted by molar-refractivity contribution is 5.87. The molecule has 4 rings (SSSR count).